The quantitative estimate of drug-likeness (QED) is 0.839. The second-order valence-corrected chi connectivity index (χ2v) is 9.26. The molecule has 2 unspecified atom stereocenters. The van der Waals surface area contributed by atoms with E-state index < -0.39 is 11.2 Å². The van der Waals surface area contributed by atoms with Crippen LogP contribution in [-0.4, -0.2) is 39.4 Å². The lowest BCUT2D eigenvalue weighted by molar-refractivity contribution is -0.0579. The third-order valence-corrected chi connectivity index (χ3v) is 5.80. The lowest BCUT2D eigenvalue weighted by Crippen LogP contribution is -2.54. The molecule has 2 aliphatic heterocycles. The van der Waals surface area contributed by atoms with Gasteiger partial charge in [-0.3, -0.25) is 0 Å². The lowest BCUT2D eigenvalue weighted by Gasteiger charge is -2.44. The second-order valence-electron chi connectivity index (χ2n) is 9.26. The average molecular weight is 367 g/mol. The van der Waals surface area contributed by atoms with Gasteiger partial charge in [0.1, 0.15) is 5.60 Å². The summed E-state index contributed by atoms with van der Waals surface area (Å²) in [5, 5.41) is 13.7. The first kappa shape index (κ1) is 18.3. The SMILES string of the molecule is CC(C)(C)OC(=O)N1C2CCC1CC(O)(Cc1ccc3ccccc3c1)C2. The highest BCUT2D eigenvalue weighted by molar-refractivity contribution is 5.83. The Morgan fingerprint density at radius 1 is 1.11 bits per heavy atom. The fourth-order valence-corrected chi connectivity index (χ4v) is 4.81. The normalized spacial score (nSPS) is 27.8. The molecule has 2 saturated heterocycles. The zero-order valence-corrected chi connectivity index (χ0v) is 16.4. The molecule has 1 amide bonds. The van der Waals surface area contributed by atoms with Crippen LogP contribution in [0.2, 0.25) is 0 Å². The van der Waals surface area contributed by atoms with Gasteiger partial charge in [0.15, 0.2) is 0 Å². The molecular formula is C23H29NO3. The first-order chi connectivity index (χ1) is 12.7. The Morgan fingerprint density at radius 3 is 2.37 bits per heavy atom. The van der Waals surface area contributed by atoms with Gasteiger partial charge < -0.3 is 14.7 Å². The summed E-state index contributed by atoms with van der Waals surface area (Å²) in [5.74, 6) is 0. The maximum Gasteiger partial charge on any atom is 0.410 e. The Morgan fingerprint density at radius 2 is 1.74 bits per heavy atom. The van der Waals surface area contributed by atoms with E-state index in [0.717, 1.165) is 18.4 Å². The lowest BCUT2D eigenvalue weighted by atomic mass is 9.81. The van der Waals surface area contributed by atoms with E-state index in [1.54, 1.807) is 0 Å². The van der Waals surface area contributed by atoms with Gasteiger partial charge in [0.2, 0.25) is 0 Å². The Labute approximate surface area is 161 Å². The van der Waals surface area contributed by atoms with Crippen molar-refractivity contribution in [1.82, 2.24) is 4.90 Å². The topological polar surface area (TPSA) is 49.8 Å². The minimum Gasteiger partial charge on any atom is -0.444 e. The summed E-state index contributed by atoms with van der Waals surface area (Å²) in [7, 11) is 0. The van der Waals surface area contributed by atoms with Gasteiger partial charge in [-0.25, -0.2) is 4.79 Å². The van der Waals surface area contributed by atoms with Crippen LogP contribution in [0.4, 0.5) is 4.79 Å². The predicted molar refractivity (Wildman–Crippen MR) is 107 cm³/mol. The number of rotatable bonds is 2. The molecule has 2 aliphatic rings. The number of aliphatic hydroxyl groups is 1. The van der Waals surface area contributed by atoms with E-state index in [9.17, 15) is 9.90 Å². The first-order valence-corrected chi connectivity index (χ1v) is 9.94. The van der Waals surface area contributed by atoms with Crippen molar-refractivity contribution in [2.24, 2.45) is 0 Å². The highest BCUT2D eigenvalue weighted by Gasteiger charge is 2.50. The predicted octanol–water partition coefficient (Wildman–Crippen LogP) is 4.68. The number of hydrogen-bond donors (Lipinski definition) is 1. The number of carbonyl (C=O) groups excluding carboxylic acids is 1. The zero-order chi connectivity index (χ0) is 19.2. The van der Waals surface area contributed by atoms with E-state index in [-0.39, 0.29) is 18.2 Å². The van der Waals surface area contributed by atoms with E-state index in [1.807, 2.05) is 37.8 Å². The minimum atomic E-state index is -0.757. The molecule has 0 aliphatic carbocycles. The van der Waals surface area contributed by atoms with Gasteiger partial charge in [-0.2, -0.15) is 0 Å². The molecule has 2 heterocycles. The van der Waals surface area contributed by atoms with Crippen LogP contribution in [-0.2, 0) is 11.2 Å². The van der Waals surface area contributed by atoms with Crippen LogP contribution < -0.4 is 0 Å². The molecule has 2 bridgehead atoms. The molecule has 0 saturated carbocycles. The molecule has 1 N–H and O–H groups in total. The number of hydrogen-bond acceptors (Lipinski definition) is 3. The summed E-state index contributed by atoms with van der Waals surface area (Å²) >= 11 is 0. The van der Waals surface area contributed by atoms with Gasteiger partial charge in [-0.05, 0) is 62.8 Å². The number of nitrogens with zero attached hydrogens (tertiary/aromatic N) is 1. The molecule has 4 rings (SSSR count). The summed E-state index contributed by atoms with van der Waals surface area (Å²) < 4.78 is 5.60. The van der Waals surface area contributed by atoms with Crippen molar-refractivity contribution >= 4 is 16.9 Å². The molecule has 0 radical (unpaired) electrons. The van der Waals surface area contributed by atoms with Crippen LogP contribution in [0, 0.1) is 0 Å². The van der Waals surface area contributed by atoms with Crippen LogP contribution in [0.15, 0.2) is 42.5 Å². The fraction of sp³-hybridized carbons (Fsp3) is 0.522. The number of ether oxygens (including phenoxy) is 1. The van der Waals surface area contributed by atoms with Crippen LogP contribution in [0.3, 0.4) is 0 Å². The maximum atomic E-state index is 12.6. The smallest absolute Gasteiger partial charge is 0.410 e. The molecule has 4 nitrogen and oxygen atoms in total. The Kier molecular flexibility index (Phi) is 4.42. The molecule has 2 aromatic carbocycles. The molecular weight excluding hydrogens is 338 g/mol. The molecule has 2 aromatic rings. The van der Waals surface area contributed by atoms with Crippen molar-refractivity contribution < 1.29 is 14.6 Å². The molecule has 27 heavy (non-hydrogen) atoms. The summed E-state index contributed by atoms with van der Waals surface area (Å²) in [6.07, 6.45) is 3.54. The molecule has 2 fully saturated rings. The van der Waals surface area contributed by atoms with Crippen molar-refractivity contribution in [2.75, 3.05) is 0 Å². The van der Waals surface area contributed by atoms with Crippen molar-refractivity contribution in [2.45, 2.75) is 76.2 Å². The van der Waals surface area contributed by atoms with Crippen LogP contribution in [0.5, 0.6) is 0 Å². The minimum absolute atomic E-state index is 0.0732. The average Bonchev–Trinajstić information content (AvgIpc) is 2.86. The molecule has 4 heteroatoms. The third kappa shape index (κ3) is 3.81. The standard InChI is InChI=1S/C23H29NO3/c1-22(2,3)27-21(25)24-19-10-11-20(24)15-23(26,14-19)13-16-8-9-17-6-4-5-7-18(17)12-16/h4-9,12,19-20,26H,10-11,13-15H2,1-3H3. The summed E-state index contributed by atoms with van der Waals surface area (Å²) in [4.78, 5) is 14.5. The highest BCUT2D eigenvalue weighted by Crippen LogP contribution is 2.43. The van der Waals surface area contributed by atoms with Crippen molar-refractivity contribution in [3.63, 3.8) is 0 Å². The van der Waals surface area contributed by atoms with Gasteiger partial charge >= 0.3 is 6.09 Å². The number of benzene rings is 2. The number of carbonyl (C=O) groups is 1. The van der Waals surface area contributed by atoms with Crippen LogP contribution >= 0.6 is 0 Å². The Hall–Kier alpha value is -2.07. The van der Waals surface area contributed by atoms with Crippen LogP contribution in [0.1, 0.15) is 52.0 Å². The summed E-state index contributed by atoms with van der Waals surface area (Å²) in [6, 6.07) is 14.9. The molecule has 0 aromatic heterocycles. The van der Waals surface area contributed by atoms with E-state index in [4.69, 9.17) is 4.74 Å². The first-order valence-electron chi connectivity index (χ1n) is 9.94. The molecule has 144 valence electrons. The van der Waals surface area contributed by atoms with E-state index in [2.05, 4.69) is 30.3 Å². The zero-order valence-electron chi connectivity index (χ0n) is 16.4. The number of amides is 1. The second kappa shape index (κ2) is 6.52. The fourth-order valence-electron chi connectivity index (χ4n) is 4.81. The molecule has 0 spiro atoms. The van der Waals surface area contributed by atoms with E-state index in [1.165, 1.54) is 10.8 Å². The molecule has 2 atom stereocenters. The van der Waals surface area contributed by atoms with E-state index in [0.29, 0.717) is 19.3 Å². The van der Waals surface area contributed by atoms with Gasteiger partial charge in [0.25, 0.3) is 0 Å². The largest absolute Gasteiger partial charge is 0.444 e. The van der Waals surface area contributed by atoms with E-state index >= 15 is 0 Å². The van der Waals surface area contributed by atoms with Crippen molar-refractivity contribution in [3.8, 4) is 0 Å². The summed E-state index contributed by atoms with van der Waals surface area (Å²) in [6.45, 7) is 5.69. The Balaban J connectivity index is 1.50. The number of fused-ring (bicyclic) bond motifs is 3. The van der Waals surface area contributed by atoms with Crippen molar-refractivity contribution in [3.05, 3.63) is 48.0 Å². The van der Waals surface area contributed by atoms with Gasteiger partial charge in [-0.15, -0.1) is 0 Å². The van der Waals surface area contributed by atoms with Crippen molar-refractivity contribution in [1.29, 1.82) is 0 Å². The maximum absolute atomic E-state index is 12.6. The monoisotopic (exact) mass is 367 g/mol. The Bertz CT molecular complexity index is 840. The number of piperidine rings is 1. The van der Waals surface area contributed by atoms with Gasteiger partial charge in [-0.1, -0.05) is 42.5 Å². The van der Waals surface area contributed by atoms with Gasteiger partial charge in [0.05, 0.1) is 5.60 Å². The highest BCUT2D eigenvalue weighted by atomic mass is 16.6. The third-order valence-electron chi connectivity index (χ3n) is 5.80. The van der Waals surface area contributed by atoms with Gasteiger partial charge in [0, 0.05) is 18.5 Å². The van der Waals surface area contributed by atoms with Crippen LogP contribution in [0.25, 0.3) is 10.8 Å². The summed E-state index contributed by atoms with van der Waals surface area (Å²) in [5.41, 5.74) is -0.0938.